The van der Waals surface area contributed by atoms with Crippen molar-refractivity contribution in [3.63, 3.8) is 0 Å². The Morgan fingerprint density at radius 3 is 2.67 bits per heavy atom. The van der Waals surface area contributed by atoms with Crippen LogP contribution in [0.15, 0.2) is 18.2 Å². The monoisotopic (exact) mass is 170 g/mol. The molecule has 1 aromatic rings. The first-order chi connectivity index (χ1) is 5.65. The first kappa shape index (κ1) is 9.00. The second-order valence-corrected chi connectivity index (χ2v) is 2.56. The Labute approximate surface area is 70.6 Å². The standard InChI is InChI=1S/C9H11FO2/c1-6(11)8-5-7(10)3-4-9(8)12-2/h3-6,11H,1-2H3. The third-order valence-electron chi connectivity index (χ3n) is 1.64. The van der Waals surface area contributed by atoms with Gasteiger partial charge in [-0.1, -0.05) is 0 Å². The average molecular weight is 170 g/mol. The second-order valence-electron chi connectivity index (χ2n) is 2.56. The van der Waals surface area contributed by atoms with Crippen LogP contribution in [0.3, 0.4) is 0 Å². The van der Waals surface area contributed by atoms with Gasteiger partial charge in [-0.3, -0.25) is 0 Å². The topological polar surface area (TPSA) is 29.5 Å². The zero-order valence-corrected chi connectivity index (χ0v) is 7.04. The van der Waals surface area contributed by atoms with Gasteiger partial charge in [0, 0.05) is 5.56 Å². The Morgan fingerprint density at radius 1 is 1.50 bits per heavy atom. The molecule has 0 aliphatic heterocycles. The van der Waals surface area contributed by atoms with Crippen molar-refractivity contribution in [3.05, 3.63) is 29.6 Å². The van der Waals surface area contributed by atoms with Gasteiger partial charge in [-0.2, -0.15) is 0 Å². The van der Waals surface area contributed by atoms with E-state index >= 15 is 0 Å². The van der Waals surface area contributed by atoms with E-state index in [0.717, 1.165) is 0 Å². The van der Waals surface area contributed by atoms with Gasteiger partial charge in [-0.25, -0.2) is 4.39 Å². The third kappa shape index (κ3) is 1.74. The fourth-order valence-electron chi connectivity index (χ4n) is 1.03. The number of aliphatic hydroxyl groups is 1. The molecule has 1 rings (SSSR count). The lowest BCUT2D eigenvalue weighted by Crippen LogP contribution is -1.96. The van der Waals surface area contributed by atoms with Gasteiger partial charge in [-0.05, 0) is 25.1 Å². The van der Waals surface area contributed by atoms with Crippen LogP contribution in [-0.4, -0.2) is 12.2 Å². The Bertz CT molecular complexity index is 271. The second kappa shape index (κ2) is 3.54. The van der Waals surface area contributed by atoms with E-state index in [0.29, 0.717) is 11.3 Å². The summed E-state index contributed by atoms with van der Waals surface area (Å²) in [4.78, 5) is 0. The number of rotatable bonds is 2. The van der Waals surface area contributed by atoms with Crippen molar-refractivity contribution in [3.8, 4) is 5.75 Å². The highest BCUT2D eigenvalue weighted by atomic mass is 19.1. The van der Waals surface area contributed by atoms with Crippen LogP contribution in [0.1, 0.15) is 18.6 Å². The Hall–Kier alpha value is -1.09. The van der Waals surface area contributed by atoms with Crippen molar-refractivity contribution < 1.29 is 14.2 Å². The van der Waals surface area contributed by atoms with Crippen molar-refractivity contribution in [1.82, 2.24) is 0 Å². The predicted octanol–water partition coefficient (Wildman–Crippen LogP) is 1.89. The SMILES string of the molecule is COc1ccc(F)cc1C(C)O. The van der Waals surface area contributed by atoms with Crippen molar-refractivity contribution in [2.75, 3.05) is 7.11 Å². The number of hydrogen-bond acceptors (Lipinski definition) is 2. The molecule has 0 saturated carbocycles. The van der Waals surface area contributed by atoms with Gasteiger partial charge in [0.05, 0.1) is 13.2 Å². The molecular formula is C9H11FO2. The third-order valence-corrected chi connectivity index (χ3v) is 1.64. The van der Waals surface area contributed by atoms with E-state index in [1.165, 1.54) is 25.3 Å². The molecular weight excluding hydrogens is 159 g/mol. The van der Waals surface area contributed by atoms with Crippen LogP contribution in [0.2, 0.25) is 0 Å². The molecule has 2 nitrogen and oxygen atoms in total. The number of aliphatic hydroxyl groups excluding tert-OH is 1. The van der Waals surface area contributed by atoms with Gasteiger partial charge in [0.25, 0.3) is 0 Å². The maximum Gasteiger partial charge on any atom is 0.124 e. The first-order valence-corrected chi connectivity index (χ1v) is 3.66. The van der Waals surface area contributed by atoms with Crippen molar-refractivity contribution in [2.24, 2.45) is 0 Å². The molecule has 3 heteroatoms. The minimum Gasteiger partial charge on any atom is -0.496 e. The highest BCUT2D eigenvalue weighted by molar-refractivity contribution is 5.35. The molecule has 1 N–H and O–H groups in total. The molecule has 66 valence electrons. The van der Waals surface area contributed by atoms with Gasteiger partial charge in [0.1, 0.15) is 11.6 Å². The molecule has 0 aliphatic carbocycles. The van der Waals surface area contributed by atoms with E-state index in [9.17, 15) is 9.50 Å². The minimum absolute atomic E-state index is 0.369. The Kier molecular flexibility index (Phi) is 2.65. The summed E-state index contributed by atoms with van der Waals surface area (Å²) in [7, 11) is 1.49. The maximum atomic E-state index is 12.7. The van der Waals surface area contributed by atoms with Gasteiger partial charge >= 0.3 is 0 Å². The van der Waals surface area contributed by atoms with Gasteiger partial charge in [0.2, 0.25) is 0 Å². The molecule has 0 aliphatic rings. The van der Waals surface area contributed by atoms with Crippen molar-refractivity contribution >= 4 is 0 Å². The summed E-state index contributed by atoms with van der Waals surface area (Å²) in [5, 5.41) is 9.21. The summed E-state index contributed by atoms with van der Waals surface area (Å²) >= 11 is 0. The quantitative estimate of drug-likeness (QED) is 0.734. The highest BCUT2D eigenvalue weighted by Crippen LogP contribution is 2.25. The van der Waals surface area contributed by atoms with Crippen LogP contribution in [0.5, 0.6) is 5.75 Å². The van der Waals surface area contributed by atoms with E-state index < -0.39 is 6.10 Å². The lowest BCUT2D eigenvalue weighted by molar-refractivity contribution is 0.193. The van der Waals surface area contributed by atoms with E-state index in [2.05, 4.69) is 0 Å². The Morgan fingerprint density at radius 2 is 2.17 bits per heavy atom. The molecule has 0 amide bonds. The van der Waals surface area contributed by atoms with E-state index in [-0.39, 0.29) is 5.82 Å². The van der Waals surface area contributed by atoms with Crippen molar-refractivity contribution in [1.29, 1.82) is 0 Å². The molecule has 0 fully saturated rings. The summed E-state index contributed by atoms with van der Waals surface area (Å²) in [6, 6.07) is 4.06. The molecule has 0 aromatic heterocycles. The van der Waals surface area contributed by atoms with E-state index in [1.54, 1.807) is 6.92 Å². The van der Waals surface area contributed by atoms with Crippen LogP contribution in [0.25, 0.3) is 0 Å². The van der Waals surface area contributed by atoms with Crippen LogP contribution >= 0.6 is 0 Å². The molecule has 0 heterocycles. The summed E-state index contributed by atoms with van der Waals surface area (Å²) in [6.45, 7) is 1.57. The fourth-order valence-corrected chi connectivity index (χ4v) is 1.03. The minimum atomic E-state index is -0.712. The van der Waals surface area contributed by atoms with Crippen LogP contribution in [0, 0.1) is 5.82 Å². The number of ether oxygens (including phenoxy) is 1. The molecule has 1 unspecified atom stereocenters. The average Bonchev–Trinajstić information content (AvgIpc) is 2.04. The predicted molar refractivity (Wildman–Crippen MR) is 43.6 cm³/mol. The zero-order chi connectivity index (χ0) is 9.14. The molecule has 0 saturated heterocycles. The fraction of sp³-hybridized carbons (Fsp3) is 0.333. The van der Waals surface area contributed by atoms with Crippen LogP contribution < -0.4 is 4.74 Å². The lowest BCUT2D eigenvalue weighted by Gasteiger charge is -2.10. The normalized spacial score (nSPS) is 12.7. The van der Waals surface area contributed by atoms with Gasteiger partial charge < -0.3 is 9.84 Å². The summed E-state index contributed by atoms with van der Waals surface area (Å²) < 4.78 is 17.6. The first-order valence-electron chi connectivity index (χ1n) is 3.66. The van der Waals surface area contributed by atoms with Gasteiger partial charge in [-0.15, -0.1) is 0 Å². The van der Waals surface area contributed by atoms with E-state index in [1.807, 2.05) is 0 Å². The smallest absolute Gasteiger partial charge is 0.124 e. The zero-order valence-electron chi connectivity index (χ0n) is 7.04. The molecule has 0 radical (unpaired) electrons. The largest absolute Gasteiger partial charge is 0.496 e. The number of halogens is 1. The number of methoxy groups -OCH3 is 1. The van der Waals surface area contributed by atoms with Crippen LogP contribution in [0.4, 0.5) is 4.39 Å². The van der Waals surface area contributed by atoms with E-state index in [4.69, 9.17) is 4.74 Å². The van der Waals surface area contributed by atoms with Crippen LogP contribution in [-0.2, 0) is 0 Å². The summed E-state index contributed by atoms with van der Waals surface area (Å²) in [5.74, 6) is 0.137. The lowest BCUT2D eigenvalue weighted by atomic mass is 10.1. The van der Waals surface area contributed by atoms with Crippen molar-refractivity contribution in [2.45, 2.75) is 13.0 Å². The van der Waals surface area contributed by atoms with Gasteiger partial charge in [0.15, 0.2) is 0 Å². The number of benzene rings is 1. The summed E-state index contributed by atoms with van der Waals surface area (Å²) in [5.41, 5.74) is 0.470. The maximum absolute atomic E-state index is 12.7. The molecule has 12 heavy (non-hydrogen) atoms. The number of hydrogen-bond donors (Lipinski definition) is 1. The summed E-state index contributed by atoms with van der Waals surface area (Å²) in [6.07, 6.45) is -0.712. The molecule has 0 spiro atoms. The Balaban J connectivity index is 3.12. The molecule has 1 aromatic carbocycles. The highest BCUT2D eigenvalue weighted by Gasteiger charge is 2.08. The molecule has 1 atom stereocenters. The molecule has 0 bridgehead atoms.